The molecule has 0 fully saturated rings. The molecule has 0 bridgehead atoms. The number of hydrogen-bond donors (Lipinski definition) is 1. The Balaban J connectivity index is 2.13. The summed E-state index contributed by atoms with van der Waals surface area (Å²) in [6, 6.07) is 6.54. The van der Waals surface area contributed by atoms with Crippen molar-refractivity contribution in [2.75, 3.05) is 21.3 Å². The highest BCUT2D eigenvalue weighted by Gasteiger charge is 2.14. The van der Waals surface area contributed by atoms with Gasteiger partial charge in [0.15, 0.2) is 11.5 Å². The molecule has 0 amide bonds. The molecule has 3 aromatic rings. The smallest absolute Gasteiger partial charge is 0.337 e. The van der Waals surface area contributed by atoms with Crippen molar-refractivity contribution in [3.63, 3.8) is 0 Å². The number of benzene rings is 1. The highest BCUT2D eigenvalue weighted by molar-refractivity contribution is 5.87. The molecule has 0 saturated heterocycles. The van der Waals surface area contributed by atoms with Gasteiger partial charge < -0.3 is 19.3 Å². The van der Waals surface area contributed by atoms with E-state index in [-0.39, 0.29) is 11.1 Å². The van der Waals surface area contributed by atoms with Gasteiger partial charge in [-0.3, -0.25) is 9.20 Å². The molecule has 2 heterocycles. The average molecular weight is 424 g/mol. The molecular formula is C23H24N2O6. The standard InChI is InChI=1S/C23H24N2O6/c1-5-6-16-17(24-20-10-8-15(23(27)28)13-25(20)22(16)26)9-7-14-11-18(29-2)21(31-4)19(12-14)30-3/h7-13H,5-6H2,1-4H3,(H,27,28)/b9-7+. The molecule has 3 rings (SSSR count). The molecular weight excluding hydrogens is 400 g/mol. The molecule has 0 atom stereocenters. The zero-order valence-electron chi connectivity index (χ0n) is 17.8. The second-order valence-electron chi connectivity index (χ2n) is 6.77. The van der Waals surface area contributed by atoms with E-state index in [1.165, 1.54) is 29.8 Å². The van der Waals surface area contributed by atoms with Crippen molar-refractivity contribution in [1.82, 2.24) is 9.38 Å². The van der Waals surface area contributed by atoms with E-state index in [0.29, 0.717) is 40.6 Å². The van der Waals surface area contributed by atoms with Crippen LogP contribution in [0.4, 0.5) is 0 Å². The minimum atomic E-state index is -1.10. The lowest BCUT2D eigenvalue weighted by atomic mass is 10.1. The molecule has 0 saturated carbocycles. The summed E-state index contributed by atoms with van der Waals surface area (Å²) in [4.78, 5) is 28.9. The fraction of sp³-hybridized carbons (Fsp3) is 0.261. The van der Waals surface area contributed by atoms with E-state index in [1.807, 2.05) is 13.0 Å². The Morgan fingerprint density at radius 2 is 1.77 bits per heavy atom. The molecule has 0 spiro atoms. The quantitative estimate of drug-likeness (QED) is 0.590. The Hall–Kier alpha value is -3.81. The largest absolute Gasteiger partial charge is 0.493 e. The van der Waals surface area contributed by atoms with Crippen molar-refractivity contribution >= 4 is 23.8 Å². The van der Waals surface area contributed by atoms with Crippen molar-refractivity contribution < 1.29 is 24.1 Å². The normalized spacial score (nSPS) is 11.1. The van der Waals surface area contributed by atoms with Crippen molar-refractivity contribution in [3.8, 4) is 17.2 Å². The second-order valence-corrected chi connectivity index (χ2v) is 6.77. The van der Waals surface area contributed by atoms with E-state index in [1.54, 1.807) is 32.4 Å². The maximum absolute atomic E-state index is 13.0. The lowest BCUT2D eigenvalue weighted by molar-refractivity contribution is 0.0696. The number of nitrogens with zero attached hydrogens (tertiary/aromatic N) is 2. The zero-order chi connectivity index (χ0) is 22.5. The summed E-state index contributed by atoms with van der Waals surface area (Å²) in [7, 11) is 4.62. The van der Waals surface area contributed by atoms with Gasteiger partial charge in [-0.25, -0.2) is 9.78 Å². The van der Waals surface area contributed by atoms with Crippen molar-refractivity contribution in [1.29, 1.82) is 0 Å². The molecule has 0 unspecified atom stereocenters. The number of fused-ring (bicyclic) bond motifs is 1. The molecule has 0 aliphatic heterocycles. The monoisotopic (exact) mass is 424 g/mol. The number of carboxylic acids is 1. The van der Waals surface area contributed by atoms with Crippen molar-refractivity contribution in [2.24, 2.45) is 0 Å². The third-order valence-electron chi connectivity index (χ3n) is 4.82. The Labute approximate surface area is 179 Å². The van der Waals surface area contributed by atoms with Gasteiger partial charge in [0.2, 0.25) is 5.75 Å². The lowest BCUT2D eigenvalue weighted by Crippen LogP contribution is -2.22. The predicted octanol–water partition coefficient (Wildman–Crippen LogP) is 3.54. The number of hydrogen-bond acceptors (Lipinski definition) is 6. The minimum absolute atomic E-state index is 0.0274. The third-order valence-corrected chi connectivity index (χ3v) is 4.82. The fourth-order valence-corrected chi connectivity index (χ4v) is 3.31. The highest BCUT2D eigenvalue weighted by Crippen LogP contribution is 2.38. The molecule has 8 nitrogen and oxygen atoms in total. The van der Waals surface area contributed by atoms with Crippen LogP contribution in [0.3, 0.4) is 0 Å². The minimum Gasteiger partial charge on any atom is -0.493 e. The van der Waals surface area contributed by atoms with Crippen LogP contribution in [0.25, 0.3) is 17.8 Å². The molecule has 2 aromatic heterocycles. The third kappa shape index (κ3) is 4.37. The van der Waals surface area contributed by atoms with Gasteiger partial charge in [0.1, 0.15) is 5.65 Å². The number of carboxylic acid groups (broad SMARTS) is 1. The van der Waals surface area contributed by atoms with Gasteiger partial charge in [0.25, 0.3) is 5.56 Å². The van der Waals surface area contributed by atoms with E-state index in [4.69, 9.17) is 14.2 Å². The number of methoxy groups -OCH3 is 3. The Morgan fingerprint density at radius 1 is 1.10 bits per heavy atom. The van der Waals surface area contributed by atoms with E-state index < -0.39 is 5.97 Å². The highest BCUT2D eigenvalue weighted by atomic mass is 16.5. The number of pyridine rings is 1. The first-order valence-corrected chi connectivity index (χ1v) is 9.70. The molecule has 1 N–H and O–H groups in total. The summed E-state index contributed by atoms with van der Waals surface area (Å²) < 4.78 is 17.4. The van der Waals surface area contributed by atoms with Gasteiger partial charge in [-0.15, -0.1) is 0 Å². The van der Waals surface area contributed by atoms with Gasteiger partial charge in [-0.1, -0.05) is 19.4 Å². The first kappa shape index (κ1) is 21.9. The van der Waals surface area contributed by atoms with E-state index in [0.717, 1.165) is 12.0 Å². The Kier molecular flexibility index (Phi) is 6.59. The second kappa shape index (κ2) is 9.34. The lowest BCUT2D eigenvalue weighted by Gasteiger charge is -2.13. The summed E-state index contributed by atoms with van der Waals surface area (Å²) in [5, 5.41) is 9.22. The summed E-state index contributed by atoms with van der Waals surface area (Å²) in [6.45, 7) is 1.97. The van der Waals surface area contributed by atoms with Gasteiger partial charge in [0.05, 0.1) is 32.6 Å². The number of ether oxygens (including phenoxy) is 3. The number of rotatable bonds is 8. The average Bonchev–Trinajstić information content (AvgIpc) is 2.78. The van der Waals surface area contributed by atoms with Crippen LogP contribution in [0.15, 0.2) is 35.3 Å². The SMILES string of the molecule is CCCc1c(/C=C/c2cc(OC)c(OC)c(OC)c2)nc2ccc(C(=O)O)cn2c1=O. The topological polar surface area (TPSA) is 99.4 Å². The van der Waals surface area contributed by atoms with Gasteiger partial charge >= 0.3 is 5.97 Å². The van der Waals surface area contributed by atoms with Crippen LogP contribution in [0, 0.1) is 0 Å². The van der Waals surface area contributed by atoms with Crippen LogP contribution in [-0.4, -0.2) is 41.8 Å². The maximum Gasteiger partial charge on any atom is 0.337 e. The van der Waals surface area contributed by atoms with Crippen molar-refractivity contribution in [3.05, 3.63) is 63.2 Å². The van der Waals surface area contributed by atoms with E-state index in [2.05, 4.69) is 4.98 Å². The van der Waals surface area contributed by atoms with E-state index in [9.17, 15) is 14.7 Å². The Morgan fingerprint density at radius 3 is 2.32 bits per heavy atom. The molecule has 8 heteroatoms. The molecule has 1 aromatic carbocycles. The van der Waals surface area contributed by atoms with Crippen molar-refractivity contribution in [2.45, 2.75) is 19.8 Å². The zero-order valence-corrected chi connectivity index (χ0v) is 17.8. The van der Waals surface area contributed by atoms with Crippen LogP contribution < -0.4 is 19.8 Å². The van der Waals surface area contributed by atoms with Crippen LogP contribution in [0.2, 0.25) is 0 Å². The summed E-state index contributed by atoms with van der Waals surface area (Å²) >= 11 is 0. The summed E-state index contributed by atoms with van der Waals surface area (Å²) in [6.07, 6.45) is 6.14. The summed E-state index contributed by atoms with van der Waals surface area (Å²) in [5.74, 6) is 0.424. The molecule has 0 radical (unpaired) electrons. The molecule has 0 aliphatic rings. The number of carbonyl (C=O) groups is 1. The van der Waals surface area contributed by atoms with Crippen LogP contribution in [-0.2, 0) is 6.42 Å². The maximum atomic E-state index is 13.0. The molecule has 31 heavy (non-hydrogen) atoms. The van der Waals surface area contributed by atoms with Gasteiger partial charge in [0, 0.05) is 11.8 Å². The number of aromatic nitrogens is 2. The molecule has 162 valence electrons. The Bertz CT molecular complexity index is 1190. The van der Waals surface area contributed by atoms with Crippen LogP contribution in [0.5, 0.6) is 17.2 Å². The van der Waals surface area contributed by atoms with Gasteiger partial charge in [-0.2, -0.15) is 0 Å². The summed E-state index contributed by atoms with van der Waals surface area (Å²) in [5.41, 5.74) is 1.95. The van der Waals surface area contributed by atoms with Crippen LogP contribution in [0.1, 0.15) is 40.5 Å². The first-order chi connectivity index (χ1) is 14.9. The first-order valence-electron chi connectivity index (χ1n) is 9.70. The number of aromatic carboxylic acids is 1. The predicted molar refractivity (Wildman–Crippen MR) is 117 cm³/mol. The molecule has 0 aliphatic carbocycles. The van der Waals surface area contributed by atoms with E-state index >= 15 is 0 Å². The van der Waals surface area contributed by atoms with Gasteiger partial charge in [-0.05, 0) is 42.3 Å². The van der Waals surface area contributed by atoms with Crippen LogP contribution >= 0.6 is 0 Å². The fourth-order valence-electron chi connectivity index (χ4n) is 3.31.